The molecule has 1 aliphatic heterocycles. The van der Waals surface area contributed by atoms with Crippen molar-refractivity contribution in [1.29, 1.82) is 0 Å². The molecule has 0 radical (unpaired) electrons. The normalized spacial score (nSPS) is 14.9. The Morgan fingerprint density at radius 3 is 1.71 bits per heavy atom. The zero-order valence-corrected chi connectivity index (χ0v) is 49.0. The Kier molecular flexibility index (Phi) is 31.5. The van der Waals surface area contributed by atoms with Crippen molar-refractivity contribution in [2.45, 2.75) is 76.4 Å². The number of carbonyl (C=O) groups is 10. The molecule has 0 spiro atoms. The molecule has 1 saturated heterocycles. The molecule has 3 atom stereocenters. The van der Waals surface area contributed by atoms with Crippen LogP contribution in [0.1, 0.15) is 74.5 Å². The molecule has 0 saturated carbocycles. The van der Waals surface area contributed by atoms with Crippen LogP contribution in [0.4, 0.5) is 4.79 Å². The number of rotatable bonds is 34. The summed E-state index contributed by atoms with van der Waals surface area (Å²) in [6, 6.07) is 19.1. The Hall–Kier alpha value is -8.93. The summed E-state index contributed by atoms with van der Waals surface area (Å²) < 4.78 is 6.08. The van der Waals surface area contributed by atoms with Gasteiger partial charge in [0.2, 0.25) is 29.5 Å². The molecule has 1 aliphatic rings. The van der Waals surface area contributed by atoms with Crippen LogP contribution in [0.25, 0.3) is 0 Å². The van der Waals surface area contributed by atoms with Crippen molar-refractivity contribution in [3.8, 4) is 11.5 Å². The average molecular weight is 1220 g/mol. The zero-order valence-electron chi connectivity index (χ0n) is 49.0. The second-order valence-electron chi connectivity index (χ2n) is 20.5. The van der Waals surface area contributed by atoms with E-state index >= 15 is 0 Å². The number of unbranched alkanes of at least 4 members (excludes halogenated alkanes) is 1. The number of ether oxygens (including phenoxy) is 1. The lowest BCUT2D eigenvalue weighted by Crippen LogP contribution is -2.51. The van der Waals surface area contributed by atoms with E-state index in [-0.39, 0.29) is 161 Å². The first kappa shape index (κ1) is 70.6. The van der Waals surface area contributed by atoms with Crippen LogP contribution >= 0.6 is 0 Å². The molecule has 29 heteroatoms. The monoisotopic (exact) mass is 1220 g/mol. The lowest BCUT2D eigenvalue weighted by molar-refractivity contribution is -0.142. The number of nitrogens with two attached hydrogens (primary N) is 1. The van der Waals surface area contributed by atoms with Gasteiger partial charge < -0.3 is 67.9 Å². The molecule has 87 heavy (non-hydrogen) atoms. The third kappa shape index (κ3) is 29.1. The van der Waals surface area contributed by atoms with Crippen LogP contribution in [0.2, 0.25) is 0 Å². The van der Waals surface area contributed by atoms with Crippen LogP contribution in [0.3, 0.4) is 0 Å². The third-order valence-corrected chi connectivity index (χ3v) is 13.7. The molecule has 0 aliphatic carbocycles. The SMILES string of the molecule is CCC(=O)NCCNC(=O)NC(N)=NCCC[C@@H](NC(=O)[C@@H](c1ccccc1)c1cccc(OCCCCNC(=O)CC[C@@H](NC(=O)CN2CCN(CC(=O)O)CCN(CC(=O)O)CCN(CC(=O)O)CC2)C(=O)O)c1)C(=O)NCc1ccc(O)cc1. The third-order valence-electron chi connectivity index (χ3n) is 13.7. The van der Waals surface area contributed by atoms with Crippen molar-refractivity contribution in [2.24, 2.45) is 10.7 Å². The first-order valence-electron chi connectivity index (χ1n) is 28.8. The summed E-state index contributed by atoms with van der Waals surface area (Å²) in [6.45, 7) is 2.73. The highest BCUT2D eigenvalue weighted by Crippen LogP contribution is 2.28. The van der Waals surface area contributed by atoms with Gasteiger partial charge in [-0.3, -0.25) is 68.3 Å². The maximum absolute atomic E-state index is 14.5. The maximum atomic E-state index is 14.5. The van der Waals surface area contributed by atoms with E-state index in [0.29, 0.717) is 41.7 Å². The minimum absolute atomic E-state index is 0.0585. The molecule has 4 rings (SSSR count). The van der Waals surface area contributed by atoms with Crippen LogP contribution in [-0.4, -0.2) is 234 Å². The number of hydrogen-bond acceptors (Lipinski definition) is 17. The molecule has 3 aromatic carbocycles. The second kappa shape index (κ2) is 38.9. The lowest BCUT2D eigenvalue weighted by atomic mass is 9.90. The summed E-state index contributed by atoms with van der Waals surface area (Å²) in [5, 5.41) is 66.8. The molecule has 14 N–H and O–H groups in total. The minimum Gasteiger partial charge on any atom is -0.508 e. The van der Waals surface area contributed by atoms with Gasteiger partial charge in [0, 0.05) is 97.9 Å². The molecule has 1 heterocycles. The number of nitrogens with one attached hydrogen (secondary N) is 7. The van der Waals surface area contributed by atoms with Crippen molar-refractivity contribution in [3.63, 3.8) is 0 Å². The Morgan fingerprint density at radius 2 is 1.14 bits per heavy atom. The highest BCUT2D eigenvalue weighted by Gasteiger charge is 2.29. The standard InChI is InChI=1S/C58H83N13O16/c1-2-47(73)61-23-24-63-58(86)67-57(59)62-22-9-14-45(54(82)64-35-40-15-17-43(72)18-16-40)66-55(83)53(41-10-4-3-5-11-41)42-12-8-13-44(34-42)87-33-7-6-21-60-48(74)20-19-46(56(84)85)65-49(75)36-68-25-27-69(37-50(76)77)29-31-71(39-52(80)81)32-30-70(28-26-68)38-51(78)79/h3-5,8,10-13,15-18,34,45-46,53,72H,2,6-7,9,14,19-33,35-39H2,1H3,(H,60,74)(H,61,73)(H,64,82)(H,65,75)(H,66,83)(H,76,77)(H,78,79)(H,80,81)(H,84,85)(H4,59,62,63,67,86)/t45-,46-,53+/m1/s1. The van der Waals surface area contributed by atoms with E-state index in [2.05, 4.69) is 42.2 Å². The number of hydrogen-bond donors (Lipinski definition) is 13. The van der Waals surface area contributed by atoms with Gasteiger partial charge in [0.25, 0.3) is 0 Å². The van der Waals surface area contributed by atoms with Gasteiger partial charge in [-0.15, -0.1) is 0 Å². The summed E-state index contributed by atoms with van der Waals surface area (Å²) in [7, 11) is 0. The number of aromatic hydroxyl groups is 1. The fraction of sp³-hybridized carbons (Fsp3) is 0.500. The van der Waals surface area contributed by atoms with Gasteiger partial charge >= 0.3 is 29.9 Å². The molecule has 29 nitrogen and oxygen atoms in total. The van der Waals surface area contributed by atoms with Crippen LogP contribution in [0.15, 0.2) is 83.9 Å². The molecule has 7 amide bonds. The van der Waals surface area contributed by atoms with Gasteiger partial charge in [-0.1, -0.05) is 61.5 Å². The van der Waals surface area contributed by atoms with Crippen molar-refractivity contribution in [2.75, 3.05) is 111 Å². The molecule has 3 aromatic rings. The Labute approximate surface area is 504 Å². The number of carboxylic acid groups (broad SMARTS) is 4. The van der Waals surface area contributed by atoms with Gasteiger partial charge in [-0.05, 0) is 73.1 Å². The molecule has 0 bridgehead atoms. The number of aliphatic carboxylic acids is 4. The molecule has 0 unspecified atom stereocenters. The second-order valence-corrected chi connectivity index (χ2v) is 20.5. The lowest BCUT2D eigenvalue weighted by Gasteiger charge is -2.33. The van der Waals surface area contributed by atoms with E-state index in [0.717, 1.165) is 0 Å². The number of nitrogens with zero attached hydrogens (tertiary/aromatic N) is 5. The summed E-state index contributed by atoms with van der Waals surface area (Å²) in [4.78, 5) is 136. The molecule has 1 fully saturated rings. The molecular formula is C58H83N13O16. The van der Waals surface area contributed by atoms with Crippen molar-refractivity contribution in [3.05, 3.63) is 95.6 Å². The van der Waals surface area contributed by atoms with Gasteiger partial charge in [0.05, 0.1) is 38.7 Å². The Balaban J connectivity index is 1.30. The minimum atomic E-state index is -1.43. The first-order valence-corrected chi connectivity index (χ1v) is 28.8. The summed E-state index contributed by atoms with van der Waals surface area (Å²) in [6.07, 6.45) is 1.21. The van der Waals surface area contributed by atoms with Crippen molar-refractivity contribution in [1.82, 2.24) is 56.8 Å². The predicted octanol–water partition coefficient (Wildman–Crippen LogP) is -0.654. The molecule has 0 aromatic heterocycles. The number of phenols is 1. The van der Waals surface area contributed by atoms with E-state index in [4.69, 9.17) is 10.5 Å². The van der Waals surface area contributed by atoms with Crippen LogP contribution in [-0.2, 0) is 49.7 Å². The smallest absolute Gasteiger partial charge is 0.326 e. The topological polar surface area (TPSA) is 417 Å². The highest BCUT2D eigenvalue weighted by atomic mass is 16.5. The number of carboxylic acids is 4. The van der Waals surface area contributed by atoms with E-state index in [1.165, 1.54) is 12.1 Å². The van der Waals surface area contributed by atoms with E-state index in [1.54, 1.807) is 87.2 Å². The number of amides is 7. The van der Waals surface area contributed by atoms with Crippen LogP contribution in [0, 0.1) is 0 Å². The van der Waals surface area contributed by atoms with Gasteiger partial charge in [0.1, 0.15) is 23.6 Å². The number of carbonyl (C=O) groups excluding carboxylic acids is 6. The fourth-order valence-corrected chi connectivity index (χ4v) is 9.07. The van der Waals surface area contributed by atoms with E-state index in [1.807, 2.05) is 6.07 Å². The number of benzene rings is 3. The largest absolute Gasteiger partial charge is 0.508 e. The predicted molar refractivity (Wildman–Crippen MR) is 317 cm³/mol. The number of phenolic OH excluding ortho intramolecular Hbond substituents is 1. The number of guanidine groups is 1. The summed E-state index contributed by atoms with van der Waals surface area (Å²) in [5.41, 5.74) is 7.83. The van der Waals surface area contributed by atoms with Gasteiger partial charge in [-0.25, -0.2) is 9.59 Å². The zero-order chi connectivity index (χ0) is 63.5. The van der Waals surface area contributed by atoms with Gasteiger partial charge in [0.15, 0.2) is 5.96 Å². The van der Waals surface area contributed by atoms with E-state index < -0.39 is 71.5 Å². The molecular weight excluding hydrogens is 1130 g/mol. The molecule has 476 valence electrons. The van der Waals surface area contributed by atoms with Crippen LogP contribution in [0.5, 0.6) is 11.5 Å². The Bertz CT molecular complexity index is 2730. The number of aliphatic imine (C=N–C) groups is 1. The van der Waals surface area contributed by atoms with E-state index in [9.17, 15) is 73.5 Å². The fourth-order valence-electron chi connectivity index (χ4n) is 9.07. The van der Waals surface area contributed by atoms with Crippen molar-refractivity contribution >= 4 is 65.4 Å². The van der Waals surface area contributed by atoms with Crippen LogP contribution < -0.4 is 47.7 Å². The van der Waals surface area contributed by atoms with Crippen molar-refractivity contribution < 1.29 is 78.2 Å². The summed E-state index contributed by atoms with van der Waals surface area (Å²) in [5.74, 6) is -7.49. The average Bonchev–Trinajstić information content (AvgIpc) is 3.30. The quantitative estimate of drug-likeness (QED) is 0.0201. The summed E-state index contributed by atoms with van der Waals surface area (Å²) >= 11 is 0. The maximum Gasteiger partial charge on any atom is 0.326 e. The number of urea groups is 1. The Morgan fingerprint density at radius 1 is 0.575 bits per heavy atom. The first-order chi connectivity index (χ1) is 41.7. The van der Waals surface area contributed by atoms with Gasteiger partial charge in [-0.2, -0.15) is 0 Å². The highest BCUT2D eigenvalue weighted by molar-refractivity contribution is 5.95.